The summed E-state index contributed by atoms with van der Waals surface area (Å²) < 4.78 is 135. The number of aromatic nitrogens is 14. The van der Waals surface area contributed by atoms with Crippen LogP contribution >= 0.6 is 31.3 Å². The summed E-state index contributed by atoms with van der Waals surface area (Å²) in [5.74, 6) is -0.425. The molecular formula is C48H65N19O27P4+2. The fourth-order valence-corrected chi connectivity index (χ4v) is 15.3. The summed E-state index contributed by atoms with van der Waals surface area (Å²) in [5, 5.41) is 21.0. The van der Waals surface area contributed by atoms with E-state index in [0.29, 0.717) is 5.56 Å². The van der Waals surface area contributed by atoms with Crippen LogP contribution < -0.4 is 60.4 Å². The number of aliphatic hydroxyl groups excluding tert-OH is 2. The van der Waals surface area contributed by atoms with Crippen molar-refractivity contribution in [2.24, 2.45) is 0 Å². The molecule has 7 aromatic rings. The fourth-order valence-electron chi connectivity index (χ4n) is 11.4. The third-order valence-corrected chi connectivity index (χ3v) is 20.2. The van der Waals surface area contributed by atoms with Gasteiger partial charge in [0.2, 0.25) is 18.4 Å². The van der Waals surface area contributed by atoms with Gasteiger partial charge in [0.1, 0.15) is 104 Å². The highest BCUT2D eigenvalue weighted by Crippen LogP contribution is 2.55. The van der Waals surface area contributed by atoms with Crippen LogP contribution in [0.4, 0.5) is 29.2 Å². The minimum absolute atomic E-state index is 0.00467. The van der Waals surface area contributed by atoms with Crippen molar-refractivity contribution >= 4 is 82.8 Å². The number of aryl methyl sites for hydroxylation is 1. The van der Waals surface area contributed by atoms with Gasteiger partial charge in [0, 0.05) is 44.4 Å². The Morgan fingerprint density at radius 1 is 0.582 bits per heavy atom. The molecule has 532 valence electrons. The maximum atomic E-state index is 14.2. The highest BCUT2D eigenvalue weighted by Gasteiger charge is 2.51. The van der Waals surface area contributed by atoms with E-state index in [2.05, 4.69) is 44.9 Å². The predicted octanol–water partition coefficient (Wildman–Crippen LogP) is -3.41. The lowest BCUT2D eigenvalue weighted by atomic mass is 10.2. The third-order valence-electron chi connectivity index (χ3n) is 16.2. The molecule has 7 aromatic heterocycles. The lowest BCUT2D eigenvalue weighted by Gasteiger charge is -2.25. The Balaban J connectivity index is 0.726. The van der Waals surface area contributed by atoms with Crippen molar-refractivity contribution in [3.63, 3.8) is 0 Å². The monoisotopic (exact) mass is 1460 g/mol. The van der Waals surface area contributed by atoms with E-state index in [0.717, 1.165) is 20.0 Å². The quantitative estimate of drug-likeness (QED) is 0.0186. The van der Waals surface area contributed by atoms with E-state index in [1.54, 1.807) is 6.92 Å². The second kappa shape index (κ2) is 28.0. The Bertz CT molecular complexity index is 4580. The van der Waals surface area contributed by atoms with E-state index in [4.69, 9.17) is 88.5 Å². The molecule has 12 heterocycles. The van der Waals surface area contributed by atoms with Gasteiger partial charge < -0.3 is 82.1 Å². The topological polar surface area (TPSA) is 655 Å². The molecule has 5 fully saturated rings. The number of hydrogen-bond donors (Lipinski definition) is 14. The first-order chi connectivity index (χ1) is 46.4. The lowest BCUT2D eigenvalue weighted by Crippen LogP contribution is -2.55. The van der Waals surface area contributed by atoms with Crippen LogP contribution in [0.25, 0.3) is 22.3 Å². The van der Waals surface area contributed by atoms with Crippen molar-refractivity contribution in [2.75, 3.05) is 61.7 Å². The average molecular weight is 1460 g/mol. The molecule has 12 rings (SSSR count). The predicted molar refractivity (Wildman–Crippen MR) is 322 cm³/mol. The number of fused-ring (bicyclic) bond motifs is 2. The molecule has 19 atom stereocenters. The van der Waals surface area contributed by atoms with Crippen LogP contribution in [0.1, 0.15) is 68.8 Å². The van der Waals surface area contributed by atoms with Gasteiger partial charge in [-0.2, -0.15) is 38.7 Å². The van der Waals surface area contributed by atoms with Crippen LogP contribution in [0.5, 0.6) is 0 Å². The maximum absolute atomic E-state index is 14.2. The number of nitrogens with one attached hydrogen (secondary N) is 3. The van der Waals surface area contributed by atoms with E-state index in [1.807, 2.05) is 0 Å². The zero-order chi connectivity index (χ0) is 69.9. The standard InChI is InChI=1S/C48H63N19O27P4/c1-20-11-65(48(73)60-40(20)51)33-6-21(69)27(87-33)13-82-95(74,75)92-23-8-34(63-4-2-31(49)58-46(63)71)88-28(23)14-84-97(78,79)93-24-9-35(64-5-3-32(50)59-47(64)72)89-29(24)15-85-98(80,81)94-25-10-36(66-18-56-38-41(52)54-17-55-42(38)66)90-30(25)16-83-96(76,77)91-22-7-37(86-26(22)12-68)67-19-57-39-43(67)61-45(53)62-44(39)70/h2-5,11,17-19,21-30,33-37,68-69H,6-10,12-16H2,1H3,(H15,49,50,51,52,53,54,55,58,59,60,61,62,70,71,72,73,74,75,76,77,78,79,80,81)/p+2/t21-,22-,23-,24-,25-,26+,27+,28+,29+,30+,33+,34+,35+,36+,37+/m0/s1. The smallest absolute Gasteiger partial charge is 0.394 e. The van der Waals surface area contributed by atoms with Crippen molar-refractivity contribution in [2.45, 2.75) is 131 Å². The summed E-state index contributed by atoms with van der Waals surface area (Å²) in [6, 6.07) is 2.51. The number of H-pyrrole nitrogens is 3. The number of aromatic amines is 3. The van der Waals surface area contributed by atoms with Crippen LogP contribution in [0.2, 0.25) is 0 Å². The molecule has 5 saturated heterocycles. The number of nitrogens with two attached hydrogens (primary N) is 5. The SMILES string of the molecule is Cc1c[n+]([C@H]2C[C@H](O)[C@@H](COP(=O)(O)O[C@H]3C[C@H](n4ccc(N)nc4=O)O[C@@H]3COP(=O)(O)O[C@H]3C[C@H]([n+]4ccc(N)[nH]c4=O)O[C@@H]3COP(=O)(O)O[C@H]3C[C@H](n4cnc5c(N)ncnc54)O[C@@H]3COP(=O)(O)O[C@H]3C[C@H](n4cnc5c(=O)[nH]c(N)nc54)O[C@@H]3CO)O2)c(=O)[nH]c1N. The summed E-state index contributed by atoms with van der Waals surface area (Å²) in [7, 11) is -21.4. The number of ether oxygens (including phenoxy) is 5. The largest absolute Gasteiger partial charge is 0.499 e. The van der Waals surface area contributed by atoms with Crippen molar-refractivity contribution in [1.82, 2.24) is 58.6 Å². The van der Waals surface area contributed by atoms with Gasteiger partial charge in [-0.15, -0.1) is 0 Å². The summed E-state index contributed by atoms with van der Waals surface area (Å²) in [5.41, 5.74) is 26.5. The molecule has 0 spiro atoms. The van der Waals surface area contributed by atoms with Crippen LogP contribution in [0.3, 0.4) is 0 Å². The minimum atomic E-state index is -5.48. The third kappa shape index (κ3) is 15.7. The van der Waals surface area contributed by atoms with Gasteiger partial charge in [-0.1, -0.05) is 0 Å². The van der Waals surface area contributed by atoms with Gasteiger partial charge in [0.15, 0.2) is 34.3 Å². The first-order valence-corrected chi connectivity index (χ1v) is 35.4. The number of rotatable bonds is 26. The van der Waals surface area contributed by atoms with Crippen molar-refractivity contribution < 1.29 is 117 Å². The molecule has 5 aliphatic heterocycles. The van der Waals surface area contributed by atoms with Gasteiger partial charge in [-0.3, -0.25) is 59.7 Å². The fraction of sp³-hybridized carbons (Fsp3) is 0.542. The van der Waals surface area contributed by atoms with E-state index in [1.165, 1.54) is 52.5 Å². The molecule has 0 saturated carbocycles. The molecule has 4 unspecified atom stereocenters. The lowest BCUT2D eigenvalue weighted by molar-refractivity contribution is -0.774. The number of phosphoric acid groups is 4. The van der Waals surface area contributed by atoms with Crippen LogP contribution in [-0.4, -0.2) is 182 Å². The molecule has 46 nitrogen and oxygen atoms in total. The summed E-state index contributed by atoms with van der Waals surface area (Å²) in [6.45, 7) is -2.86. The Morgan fingerprint density at radius 2 is 1.08 bits per heavy atom. The molecule has 19 N–H and O–H groups in total. The Morgan fingerprint density at radius 3 is 1.66 bits per heavy atom. The highest BCUT2D eigenvalue weighted by molar-refractivity contribution is 7.48. The first-order valence-electron chi connectivity index (χ1n) is 29.4. The molecule has 0 aliphatic carbocycles. The van der Waals surface area contributed by atoms with E-state index in [-0.39, 0.29) is 70.8 Å². The molecule has 0 amide bonds. The zero-order valence-electron chi connectivity index (χ0n) is 50.7. The number of anilines is 5. The minimum Gasteiger partial charge on any atom is -0.394 e. The van der Waals surface area contributed by atoms with Crippen LogP contribution in [0.15, 0.2) is 68.9 Å². The number of imidazole rings is 2. The molecule has 5 aliphatic rings. The number of nitrogen functional groups attached to an aromatic ring is 5. The first kappa shape index (κ1) is 70.6. The Hall–Kier alpha value is -7.30. The van der Waals surface area contributed by atoms with Crippen molar-refractivity contribution in [3.05, 3.63) is 97.1 Å². The summed E-state index contributed by atoms with van der Waals surface area (Å²) >= 11 is 0. The van der Waals surface area contributed by atoms with Gasteiger partial charge in [-0.05, 0) is 13.0 Å². The van der Waals surface area contributed by atoms with Gasteiger partial charge >= 0.3 is 48.4 Å². The Labute approximate surface area is 546 Å². The van der Waals surface area contributed by atoms with Crippen molar-refractivity contribution in [1.29, 1.82) is 0 Å². The van der Waals surface area contributed by atoms with E-state index in [9.17, 15) is 67.2 Å². The number of nitrogens with zero attached hydrogens (tertiary/aromatic N) is 11. The summed E-state index contributed by atoms with van der Waals surface area (Å²) in [4.78, 5) is 128. The molecular weight excluding hydrogens is 1400 g/mol. The van der Waals surface area contributed by atoms with Gasteiger partial charge in [0.05, 0.1) is 57.4 Å². The number of phosphoric ester groups is 4. The molecule has 50 heteroatoms. The zero-order valence-corrected chi connectivity index (χ0v) is 54.3. The normalized spacial score (nSPS) is 29.8. The van der Waals surface area contributed by atoms with Crippen LogP contribution in [0, 0.1) is 6.92 Å². The summed E-state index contributed by atoms with van der Waals surface area (Å²) in [6.07, 6.45) is -15.4. The molecule has 98 heavy (non-hydrogen) atoms. The Kier molecular flexibility index (Phi) is 20.2. The van der Waals surface area contributed by atoms with E-state index >= 15 is 0 Å². The maximum Gasteiger partial charge on any atom is 0.499 e. The molecule has 0 aromatic carbocycles. The van der Waals surface area contributed by atoms with Gasteiger partial charge in [0.25, 0.3) is 5.56 Å². The average Bonchev–Trinajstić information content (AvgIpc) is 1.63. The second-order valence-electron chi connectivity index (χ2n) is 22.8. The molecule has 0 radical (unpaired) electrons. The van der Waals surface area contributed by atoms with Gasteiger partial charge in [-0.25, -0.2) is 43.0 Å². The van der Waals surface area contributed by atoms with Crippen LogP contribution in [-0.2, 0) is 78.1 Å². The highest BCUT2D eigenvalue weighted by atomic mass is 31.2. The second-order valence-corrected chi connectivity index (χ2v) is 28.4. The number of aliphatic hydroxyl groups is 2. The molecule has 0 bridgehead atoms. The number of hydrogen-bond acceptors (Lipinski definition) is 34. The van der Waals surface area contributed by atoms with E-state index < -0.39 is 192 Å². The van der Waals surface area contributed by atoms with Crippen molar-refractivity contribution in [3.8, 4) is 0 Å².